The number of anilines is 2. The number of nitrogens with one attached hydrogen (secondary N) is 2. The lowest BCUT2D eigenvalue weighted by Gasteiger charge is -2.27. The van der Waals surface area contributed by atoms with Gasteiger partial charge in [-0.1, -0.05) is 36.4 Å². The number of carbonyl (C=O) groups is 2. The van der Waals surface area contributed by atoms with E-state index in [1.54, 1.807) is 31.2 Å². The van der Waals surface area contributed by atoms with Crippen molar-refractivity contribution < 1.29 is 19.1 Å². The number of methoxy groups -OCH3 is 2. The lowest BCUT2D eigenvalue weighted by molar-refractivity contribution is -0.136. The van der Waals surface area contributed by atoms with Gasteiger partial charge in [0, 0.05) is 25.6 Å². The van der Waals surface area contributed by atoms with Crippen molar-refractivity contribution in [2.75, 3.05) is 31.5 Å². The maximum Gasteiger partial charge on any atom is 0.260 e. The number of hydrogen-bond donors (Lipinski definition) is 2. The van der Waals surface area contributed by atoms with Crippen LogP contribution < -0.4 is 10.6 Å². The second-order valence-corrected chi connectivity index (χ2v) is 5.62. The van der Waals surface area contributed by atoms with E-state index in [2.05, 4.69) is 10.6 Å². The molecule has 6 heteroatoms. The molecular formula is C19H22N2O4. The van der Waals surface area contributed by atoms with Crippen LogP contribution in [0.5, 0.6) is 0 Å². The second-order valence-electron chi connectivity index (χ2n) is 5.62. The molecule has 0 aliphatic carbocycles. The summed E-state index contributed by atoms with van der Waals surface area (Å²) < 4.78 is 10.3. The van der Waals surface area contributed by atoms with E-state index < -0.39 is 5.60 Å². The molecule has 2 aromatic rings. The van der Waals surface area contributed by atoms with E-state index in [0.717, 1.165) is 5.56 Å². The number of rotatable bonds is 7. The molecule has 0 aliphatic heterocycles. The molecule has 0 radical (unpaired) electrons. The predicted octanol–water partition coefficient (Wildman–Crippen LogP) is 2.77. The minimum Gasteiger partial charge on any atom is -0.375 e. The zero-order valence-electron chi connectivity index (χ0n) is 14.5. The summed E-state index contributed by atoms with van der Waals surface area (Å²) in [6.07, 6.45) is 0. The standard InChI is InChI=1S/C19H22N2O4/c1-19(25-3,14-8-5-4-6-9-14)18(23)21-16-11-7-10-15(12-16)20-17(22)13-24-2/h4-12H,13H2,1-3H3,(H,20,22)(H,21,23)/t19-/m0/s1. The Bertz CT molecular complexity index is 733. The fourth-order valence-corrected chi connectivity index (χ4v) is 2.35. The van der Waals surface area contributed by atoms with E-state index in [-0.39, 0.29) is 18.4 Å². The lowest BCUT2D eigenvalue weighted by atomic mass is 9.94. The Morgan fingerprint density at radius 2 is 1.60 bits per heavy atom. The summed E-state index contributed by atoms with van der Waals surface area (Å²) in [6, 6.07) is 16.1. The third kappa shape index (κ3) is 4.65. The molecule has 132 valence electrons. The predicted molar refractivity (Wildman–Crippen MR) is 96.4 cm³/mol. The van der Waals surface area contributed by atoms with Crippen molar-refractivity contribution in [2.24, 2.45) is 0 Å². The maximum absolute atomic E-state index is 12.8. The smallest absolute Gasteiger partial charge is 0.260 e. The Hall–Kier alpha value is -2.70. The van der Waals surface area contributed by atoms with Crippen LogP contribution >= 0.6 is 0 Å². The molecule has 0 unspecified atom stereocenters. The van der Waals surface area contributed by atoms with Crippen molar-refractivity contribution in [2.45, 2.75) is 12.5 Å². The topological polar surface area (TPSA) is 76.7 Å². The molecule has 2 amide bonds. The molecule has 0 saturated heterocycles. The van der Waals surface area contributed by atoms with Crippen LogP contribution in [0.3, 0.4) is 0 Å². The molecule has 2 N–H and O–H groups in total. The van der Waals surface area contributed by atoms with Gasteiger partial charge in [0.25, 0.3) is 5.91 Å². The van der Waals surface area contributed by atoms with Crippen molar-refractivity contribution in [1.82, 2.24) is 0 Å². The zero-order chi connectivity index (χ0) is 18.3. The number of amides is 2. The van der Waals surface area contributed by atoms with Crippen LogP contribution in [0.4, 0.5) is 11.4 Å². The Kier molecular flexibility index (Phi) is 6.27. The molecule has 0 fully saturated rings. The van der Waals surface area contributed by atoms with E-state index in [1.165, 1.54) is 14.2 Å². The molecule has 0 aromatic heterocycles. The number of ether oxygens (including phenoxy) is 2. The van der Waals surface area contributed by atoms with Gasteiger partial charge < -0.3 is 20.1 Å². The van der Waals surface area contributed by atoms with E-state index in [0.29, 0.717) is 11.4 Å². The molecule has 0 spiro atoms. The quantitative estimate of drug-likeness (QED) is 0.811. The van der Waals surface area contributed by atoms with Crippen LogP contribution in [0, 0.1) is 0 Å². The minimum absolute atomic E-state index is 0.0354. The van der Waals surface area contributed by atoms with Gasteiger partial charge in [-0.15, -0.1) is 0 Å². The Morgan fingerprint density at radius 3 is 2.20 bits per heavy atom. The summed E-state index contributed by atoms with van der Waals surface area (Å²) in [6.45, 7) is 1.67. The number of hydrogen-bond acceptors (Lipinski definition) is 4. The van der Waals surface area contributed by atoms with Gasteiger partial charge in [0.2, 0.25) is 5.91 Å². The van der Waals surface area contributed by atoms with E-state index in [9.17, 15) is 9.59 Å². The third-order valence-corrected chi connectivity index (χ3v) is 3.85. The lowest BCUT2D eigenvalue weighted by Crippen LogP contribution is -2.39. The van der Waals surface area contributed by atoms with Crippen molar-refractivity contribution in [3.8, 4) is 0 Å². The molecule has 0 saturated carbocycles. The van der Waals surface area contributed by atoms with Crippen molar-refractivity contribution >= 4 is 23.2 Å². The molecule has 2 rings (SSSR count). The Balaban J connectivity index is 2.15. The fraction of sp³-hybridized carbons (Fsp3) is 0.263. The third-order valence-electron chi connectivity index (χ3n) is 3.85. The number of carbonyl (C=O) groups excluding carboxylic acids is 2. The van der Waals surface area contributed by atoms with Crippen LogP contribution in [0.2, 0.25) is 0 Å². The summed E-state index contributed by atoms with van der Waals surface area (Å²) >= 11 is 0. The van der Waals surface area contributed by atoms with Crippen molar-refractivity contribution in [3.05, 3.63) is 60.2 Å². The summed E-state index contributed by atoms with van der Waals surface area (Å²) in [5, 5.41) is 5.53. The van der Waals surface area contributed by atoms with Gasteiger partial charge in [-0.3, -0.25) is 9.59 Å². The van der Waals surface area contributed by atoms with Gasteiger partial charge in [-0.25, -0.2) is 0 Å². The highest BCUT2D eigenvalue weighted by atomic mass is 16.5. The van der Waals surface area contributed by atoms with Gasteiger partial charge >= 0.3 is 0 Å². The van der Waals surface area contributed by atoms with Gasteiger partial charge in [0.05, 0.1) is 0 Å². The molecule has 1 atom stereocenters. The van der Waals surface area contributed by atoms with Gasteiger partial charge in [0.15, 0.2) is 5.60 Å². The van der Waals surface area contributed by atoms with Crippen molar-refractivity contribution in [3.63, 3.8) is 0 Å². The maximum atomic E-state index is 12.8. The normalized spacial score (nSPS) is 12.9. The average Bonchev–Trinajstić information content (AvgIpc) is 2.62. The second kappa shape index (κ2) is 8.41. The largest absolute Gasteiger partial charge is 0.375 e. The molecule has 2 aromatic carbocycles. The van der Waals surface area contributed by atoms with Crippen LogP contribution in [0.25, 0.3) is 0 Å². The Morgan fingerprint density at radius 1 is 0.960 bits per heavy atom. The van der Waals surface area contributed by atoms with Gasteiger partial charge in [0.1, 0.15) is 6.61 Å². The van der Waals surface area contributed by atoms with Crippen LogP contribution in [0.1, 0.15) is 12.5 Å². The monoisotopic (exact) mass is 342 g/mol. The molecule has 0 bridgehead atoms. The minimum atomic E-state index is -1.13. The van der Waals surface area contributed by atoms with E-state index >= 15 is 0 Å². The first kappa shape index (κ1) is 18.6. The zero-order valence-corrected chi connectivity index (χ0v) is 14.5. The molecule has 25 heavy (non-hydrogen) atoms. The van der Waals surface area contributed by atoms with Crippen molar-refractivity contribution in [1.29, 1.82) is 0 Å². The fourth-order valence-electron chi connectivity index (χ4n) is 2.35. The first-order valence-corrected chi connectivity index (χ1v) is 7.80. The summed E-state index contributed by atoms with van der Waals surface area (Å²) in [5.41, 5.74) is 0.744. The highest BCUT2D eigenvalue weighted by Gasteiger charge is 2.35. The Labute approximate surface area is 147 Å². The van der Waals surface area contributed by atoms with Gasteiger partial charge in [-0.2, -0.15) is 0 Å². The van der Waals surface area contributed by atoms with Crippen LogP contribution in [-0.4, -0.2) is 32.6 Å². The number of benzene rings is 2. The average molecular weight is 342 g/mol. The molecular weight excluding hydrogens is 320 g/mol. The highest BCUT2D eigenvalue weighted by Crippen LogP contribution is 2.27. The highest BCUT2D eigenvalue weighted by molar-refractivity contribution is 5.99. The van der Waals surface area contributed by atoms with Crippen LogP contribution in [-0.2, 0) is 24.7 Å². The van der Waals surface area contributed by atoms with E-state index in [4.69, 9.17) is 9.47 Å². The molecule has 0 heterocycles. The summed E-state index contributed by atoms with van der Waals surface area (Å²) in [5.74, 6) is -0.571. The summed E-state index contributed by atoms with van der Waals surface area (Å²) in [7, 11) is 2.94. The first-order valence-electron chi connectivity index (χ1n) is 7.80. The molecule has 6 nitrogen and oxygen atoms in total. The first-order chi connectivity index (χ1) is 12.0. The molecule has 0 aliphatic rings. The van der Waals surface area contributed by atoms with Gasteiger partial charge in [-0.05, 0) is 30.7 Å². The SMILES string of the molecule is COCC(=O)Nc1cccc(NC(=O)[C@@](C)(OC)c2ccccc2)c1. The van der Waals surface area contributed by atoms with Crippen LogP contribution in [0.15, 0.2) is 54.6 Å². The summed E-state index contributed by atoms with van der Waals surface area (Å²) in [4.78, 5) is 24.4. The van der Waals surface area contributed by atoms with E-state index in [1.807, 2.05) is 30.3 Å².